The van der Waals surface area contributed by atoms with Gasteiger partial charge in [0, 0.05) is 10.5 Å². The largest absolute Gasteiger partial charge is 0.376 e. The van der Waals surface area contributed by atoms with Gasteiger partial charge in [0.25, 0.3) is 0 Å². The van der Waals surface area contributed by atoms with Crippen LogP contribution in [-0.4, -0.2) is 11.4 Å². The quantitative estimate of drug-likeness (QED) is 0.654. The molecule has 2 rings (SSSR count). The molecule has 90 valence electrons. The molecule has 2 aromatic carbocycles. The molecule has 0 saturated carbocycles. The summed E-state index contributed by atoms with van der Waals surface area (Å²) < 4.78 is 0. The highest BCUT2D eigenvalue weighted by molar-refractivity contribution is 7.98. The van der Waals surface area contributed by atoms with E-state index in [9.17, 15) is 5.11 Å². The van der Waals surface area contributed by atoms with Gasteiger partial charge in [0.15, 0.2) is 0 Å². The summed E-state index contributed by atoms with van der Waals surface area (Å²) in [6.07, 6.45) is 1.31. The summed E-state index contributed by atoms with van der Waals surface area (Å²) in [5.41, 5.74) is 1.74. The molecule has 1 nitrogen and oxygen atoms in total. The van der Waals surface area contributed by atoms with Gasteiger partial charge >= 0.3 is 0 Å². The molecular weight excluding hydrogens is 240 g/mol. The van der Waals surface area contributed by atoms with Crippen LogP contribution >= 0.6 is 11.8 Å². The molecule has 0 aromatic heterocycles. The van der Waals surface area contributed by atoms with Crippen LogP contribution in [0.1, 0.15) is 17.2 Å². The molecule has 0 saturated heterocycles. The van der Waals surface area contributed by atoms with Gasteiger partial charge in [0.05, 0.1) is 0 Å². The lowest BCUT2D eigenvalue weighted by atomic mass is 10.1. The average molecular weight is 254 g/mol. The SMILES string of the molecule is CSc1ccc(C#C[C@@H](O)c2ccccc2)cc1. The molecule has 0 amide bonds. The van der Waals surface area contributed by atoms with Crippen molar-refractivity contribution in [1.82, 2.24) is 0 Å². The van der Waals surface area contributed by atoms with Gasteiger partial charge in [-0.25, -0.2) is 0 Å². The van der Waals surface area contributed by atoms with E-state index >= 15 is 0 Å². The first-order valence-electron chi connectivity index (χ1n) is 5.68. The zero-order valence-electron chi connectivity index (χ0n) is 10.1. The molecule has 0 radical (unpaired) electrons. The number of hydrogen-bond donors (Lipinski definition) is 1. The van der Waals surface area contributed by atoms with Gasteiger partial charge in [0.2, 0.25) is 0 Å². The minimum atomic E-state index is -0.730. The zero-order chi connectivity index (χ0) is 12.8. The summed E-state index contributed by atoms with van der Waals surface area (Å²) in [5.74, 6) is 5.84. The van der Waals surface area contributed by atoms with E-state index in [-0.39, 0.29) is 0 Å². The van der Waals surface area contributed by atoms with Crippen molar-refractivity contribution >= 4 is 11.8 Å². The fourth-order valence-electron chi connectivity index (χ4n) is 1.54. The van der Waals surface area contributed by atoms with E-state index in [2.05, 4.69) is 11.8 Å². The summed E-state index contributed by atoms with van der Waals surface area (Å²) in [6, 6.07) is 17.5. The van der Waals surface area contributed by atoms with Gasteiger partial charge in [-0.3, -0.25) is 0 Å². The number of benzene rings is 2. The van der Waals surface area contributed by atoms with Gasteiger partial charge in [-0.2, -0.15) is 0 Å². The molecule has 2 heteroatoms. The van der Waals surface area contributed by atoms with Crippen molar-refractivity contribution in [2.24, 2.45) is 0 Å². The maximum absolute atomic E-state index is 9.90. The van der Waals surface area contributed by atoms with Gasteiger partial charge in [0.1, 0.15) is 6.10 Å². The second-order valence-corrected chi connectivity index (χ2v) is 4.69. The monoisotopic (exact) mass is 254 g/mol. The highest BCUT2D eigenvalue weighted by atomic mass is 32.2. The summed E-state index contributed by atoms with van der Waals surface area (Å²) in [4.78, 5) is 1.21. The first-order valence-corrected chi connectivity index (χ1v) is 6.90. The molecule has 0 unspecified atom stereocenters. The predicted molar refractivity (Wildman–Crippen MR) is 76.5 cm³/mol. The summed E-state index contributed by atoms with van der Waals surface area (Å²) in [7, 11) is 0. The Balaban J connectivity index is 2.11. The van der Waals surface area contributed by atoms with Crippen molar-refractivity contribution in [3.8, 4) is 11.8 Å². The number of rotatable bonds is 2. The summed E-state index contributed by atoms with van der Waals surface area (Å²) >= 11 is 1.70. The third-order valence-electron chi connectivity index (χ3n) is 2.56. The molecular formula is C16H14OS. The van der Waals surface area contributed by atoms with Crippen molar-refractivity contribution in [3.05, 3.63) is 65.7 Å². The Morgan fingerprint density at radius 3 is 2.28 bits per heavy atom. The Hall–Kier alpha value is -1.69. The van der Waals surface area contributed by atoms with Crippen molar-refractivity contribution in [1.29, 1.82) is 0 Å². The number of aliphatic hydroxyl groups is 1. The minimum Gasteiger partial charge on any atom is -0.376 e. The van der Waals surface area contributed by atoms with Crippen LogP contribution in [0.4, 0.5) is 0 Å². The first-order chi connectivity index (χ1) is 8.79. The summed E-state index contributed by atoms with van der Waals surface area (Å²) in [6.45, 7) is 0. The fraction of sp³-hybridized carbons (Fsp3) is 0.125. The molecule has 1 N–H and O–H groups in total. The smallest absolute Gasteiger partial charge is 0.140 e. The van der Waals surface area contributed by atoms with Crippen LogP contribution in [0.2, 0.25) is 0 Å². The Morgan fingerprint density at radius 1 is 1.00 bits per heavy atom. The minimum absolute atomic E-state index is 0.730. The Labute approximate surface area is 112 Å². The number of thioether (sulfide) groups is 1. The van der Waals surface area contributed by atoms with Crippen LogP contribution in [0.3, 0.4) is 0 Å². The highest BCUT2D eigenvalue weighted by Gasteiger charge is 2.00. The molecule has 0 heterocycles. The van der Waals surface area contributed by atoms with E-state index in [0.29, 0.717) is 0 Å². The van der Waals surface area contributed by atoms with E-state index in [1.807, 2.05) is 60.9 Å². The normalized spacial score (nSPS) is 11.4. The molecule has 0 spiro atoms. The van der Waals surface area contributed by atoms with Crippen molar-refractivity contribution in [2.75, 3.05) is 6.26 Å². The van der Waals surface area contributed by atoms with E-state index in [1.54, 1.807) is 11.8 Å². The molecule has 0 bridgehead atoms. The van der Waals surface area contributed by atoms with Crippen LogP contribution in [-0.2, 0) is 0 Å². The van der Waals surface area contributed by atoms with Crippen molar-refractivity contribution in [2.45, 2.75) is 11.0 Å². The number of hydrogen-bond acceptors (Lipinski definition) is 2. The van der Waals surface area contributed by atoms with E-state index in [1.165, 1.54) is 4.90 Å². The molecule has 2 aromatic rings. The Bertz CT molecular complexity index is 549. The fourth-order valence-corrected chi connectivity index (χ4v) is 1.95. The van der Waals surface area contributed by atoms with Gasteiger partial charge < -0.3 is 5.11 Å². The lowest BCUT2D eigenvalue weighted by molar-refractivity contribution is 0.238. The predicted octanol–water partition coefficient (Wildman–Crippen LogP) is 3.49. The molecule has 0 fully saturated rings. The Morgan fingerprint density at radius 2 is 1.67 bits per heavy atom. The molecule has 0 aliphatic rings. The van der Waals surface area contributed by atoms with Crippen molar-refractivity contribution in [3.63, 3.8) is 0 Å². The topological polar surface area (TPSA) is 20.2 Å². The number of aliphatic hydroxyl groups excluding tert-OH is 1. The van der Waals surface area contributed by atoms with Crippen LogP contribution in [0, 0.1) is 11.8 Å². The standard InChI is InChI=1S/C16H14OS/c1-18-15-10-7-13(8-11-15)9-12-16(17)14-5-3-2-4-6-14/h2-8,10-11,16-17H,1H3/t16-/m1/s1. The average Bonchev–Trinajstić information content (AvgIpc) is 2.46. The third kappa shape index (κ3) is 3.40. The zero-order valence-corrected chi connectivity index (χ0v) is 10.9. The lowest BCUT2D eigenvalue weighted by Gasteiger charge is -2.02. The first kappa shape index (κ1) is 12.8. The van der Waals surface area contributed by atoms with E-state index in [0.717, 1.165) is 11.1 Å². The van der Waals surface area contributed by atoms with Crippen molar-refractivity contribution < 1.29 is 5.11 Å². The maximum atomic E-state index is 9.90. The molecule has 1 atom stereocenters. The second-order valence-electron chi connectivity index (χ2n) is 3.81. The van der Waals surface area contributed by atoms with Gasteiger partial charge in [-0.1, -0.05) is 42.2 Å². The molecule has 0 aliphatic heterocycles. The molecule has 18 heavy (non-hydrogen) atoms. The maximum Gasteiger partial charge on any atom is 0.140 e. The van der Waals surface area contributed by atoms with Crippen LogP contribution in [0.25, 0.3) is 0 Å². The molecule has 0 aliphatic carbocycles. The second kappa shape index (κ2) is 6.30. The van der Waals surface area contributed by atoms with Crippen LogP contribution in [0.5, 0.6) is 0 Å². The Kier molecular flexibility index (Phi) is 4.46. The van der Waals surface area contributed by atoms with Crippen LogP contribution < -0.4 is 0 Å². The summed E-state index contributed by atoms with van der Waals surface area (Å²) in [5, 5.41) is 9.90. The lowest BCUT2D eigenvalue weighted by Crippen LogP contribution is -1.92. The highest BCUT2D eigenvalue weighted by Crippen LogP contribution is 2.15. The third-order valence-corrected chi connectivity index (χ3v) is 3.30. The van der Waals surface area contributed by atoms with E-state index in [4.69, 9.17) is 0 Å². The van der Waals surface area contributed by atoms with E-state index < -0.39 is 6.10 Å². The van der Waals surface area contributed by atoms with Gasteiger partial charge in [-0.15, -0.1) is 11.8 Å². The van der Waals surface area contributed by atoms with Crippen LogP contribution in [0.15, 0.2) is 59.5 Å². The van der Waals surface area contributed by atoms with Gasteiger partial charge in [-0.05, 0) is 36.1 Å².